The first-order chi connectivity index (χ1) is 10.5. The fourth-order valence-electron chi connectivity index (χ4n) is 2.57. The number of phenols is 1. The minimum atomic E-state index is -0.453. The van der Waals surface area contributed by atoms with Crippen LogP contribution in [0.1, 0.15) is 11.3 Å². The second-order valence-electron chi connectivity index (χ2n) is 5.01. The average molecular weight is 355 g/mol. The molecule has 5 heteroatoms. The van der Waals surface area contributed by atoms with Gasteiger partial charge in [-0.1, -0.05) is 28.1 Å². The Morgan fingerprint density at radius 3 is 2.73 bits per heavy atom. The van der Waals surface area contributed by atoms with Crippen LogP contribution in [0.15, 0.2) is 45.7 Å². The van der Waals surface area contributed by atoms with Crippen molar-refractivity contribution >= 4 is 26.7 Å². The maximum Gasteiger partial charge on any atom is 0.266 e. The Morgan fingerprint density at radius 1 is 1.23 bits per heavy atom. The number of hydrogen-bond donors (Lipinski definition) is 2. The van der Waals surface area contributed by atoms with Crippen molar-refractivity contribution < 1.29 is 5.11 Å². The highest BCUT2D eigenvalue weighted by atomic mass is 79.9. The summed E-state index contributed by atoms with van der Waals surface area (Å²) in [5.41, 5.74) is 1.11. The van der Waals surface area contributed by atoms with E-state index in [2.05, 4.69) is 20.9 Å². The van der Waals surface area contributed by atoms with Crippen LogP contribution in [0.25, 0.3) is 21.9 Å². The molecule has 0 bridgehead atoms. The Bertz CT molecular complexity index is 1000. The monoisotopic (exact) mass is 354 g/mol. The second kappa shape index (κ2) is 5.32. The molecule has 0 unspecified atom stereocenters. The summed E-state index contributed by atoms with van der Waals surface area (Å²) >= 11 is 3.41. The van der Waals surface area contributed by atoms with Gasteiger partial charge < -0.3 is 10.1 Å². The molecular weight excluding hydrogens is 344 g/mol. The maximum absolute atomic E-state index is 12.0. The Morgan fingerprint density at radius 2 is 2.00 bits per heavy atom. The topological polar surface area (TPSA) is 76.9 Å². The molecule has 1 aromatic heterocycles. The summed E-state index contributed by atoms with van der Waals surface area (Å²) in [7, 11) is 0. The van der Waals surface area contributed by atoms with Crippen LogP contribution in [0.2, 0.25) is 0 Å². The lowest BCUT2D eigenvalue weighted by molar-refractivity contribution is 0.478. The number of aromatic nitrogens is 1. The van der Waals surface area contributed by atoms with Gasteiger partial charge in [0.25, 0.3) is 5.56 Å². The summed E-state index contributed by atoms with van der Waals surface area (Å²) in [5.74, 6) is 0.0383. The van der Waals surface area contributed by atoms with E-state index in [-0.39, 0.29) is 11.3 Å². The molecule has 4 nitrogen and oxygen atoms in total. The SMILES string of the molecule is Cc1cc(-c2c(O)ccc3cc(Br)ccc23)c(C#N)c(=O)[nH]1. The number of halogens is 1. The number of nitrogens with zero attached hydrogens (tertiary/aromatic N) is 1. The predicted octanol–water partition coefficient (Wildman–Crippen LogP) is 3.84. The van der Waals surface area contributed by atoms with Crippen molar-refractivity contribution in [2.45, 2.75) is 6.92 Å². The number of pyridine rings is 1. The summed E-state index contributed by atoms with van der Waals surface area (Å²) in [6, 6.07) is 12.6. The van der Waals surface area contributed by atoms with Crippen molar-refractivity contribution in [1.82, 2.24) is 4.98 Å². The van der Waals surface area contributed by atoms with Crippen molar-refractivity contribution in [1.29, 1.82) is 5.26 Å². The molecule has 0 spiro atoms. The molecule has 0 aliphatic carbocycles. The molecule has 1 heterocycles. The van der Waals surface area contributed by atoms with Crippen LogP contribution in [-0.2, 0) is 0 Å². The summed E-state index contributed by atoms with van der Waals surface area (Å²) in [6.45, 7) is 1.74. The van der Waals surface area contributed by atoms with Crippen LogP contribution < -0.4 is 5.56 Å². The smallest absolute Gasteiger partial charge is 0.266 e. The molecule has 3 rings (SSSR count). The maximum atomic E-state index is 12.0. The Kier molecular flexibility index (Phi) is 3.47. The van der Waals surface area contributed by atoms with Gasteiger partial charge in [-0.3, -0.25) is 4.79 Å². The number of aryl methyl sites for hydroxylation is 1. The number of aromatic hydroxyl groups is 1. The highest BCUT2D eigenvalue weighted by Gasteiger charge is 2.16. The number of phenolic OH excluding ortho intramolecular Hbond substituents is 1. The van der Waals surface area contributed by atoms with Crippen molar-refractivity contribution in [3.8, 4) is 22.9 Å². The van der Waals surface area contributed by atoms with Gasteiger partial charge in [-0.25, -0.2) is 0 Å². The van der Waals surface area contributed by atoms with Crippen LogP contribution >= 0.6 is 15.9 Å². The molecular formula is C17H11BrN2O2. The van der Waals surface area contributed by atoms with Crippen LogP contribution in [0.3, 0.4) is 0 Å². The molecule has 2 N–H and O–H groups in total. The summed E-state index contributed by atoms with van der Waals surface area (Å²) in [4.78, 5) is 14.6. The number of H-pyrrole nitrogens is 1. The minimum absolute atomic E-state index is 0.00341. The van der Waals surface area contributed by atoms with Crippen molar-refractivity contribution in [2.75, 3.05) is 0 Å². The molecule has 0 saturated carbocycles. The zero-order valence-electron chi connectivity index (χ0n) is 11.6. The van der Waals surface area contributed by atoms with Gasteiger partial charge in [-0.2, -0.15) is 5.26 Å². The van der Waals surface area contributed by atoms with E-state index in [0.29, 0.717) is 16.8 Å². The van der Waals surface area contributed by atoms with Crippen molar-refractivity contribution in [3.63, 3.8) is 0 Å². The largest absolute Gasteiger partial charge is 0.507 e. The molecule has 108 valence electrons. The number of nitrogens with one attached hydrogen (secondary N) is 1. The molecule has 2 aromatic carbocycles. The van der Waals surface area contributed by atoms with Gasteiger partial charge in [0, 0.05) is 21.3 Å². The first kappa shape index (κ1) is 14.4. The van der Waals surface area contributed by atoms with E-state index in [1.807, 2.05) is 24.3 Å². The number of rotatable bonds is 1. The fraction of sp³-hybridized carbons (Fsp3) is 0.0588. The molecule has 0 fully saturated rings. The fourth-order valence-corrected chi connectivity index (χ4v) is 2.95. The minimum Gasteiger partial charge on any atom is -0.507 e. The third-order valence-corrected chi connectivity index (χ3v) is 4.00. The predicted molar refractivity (Wildman–Crippen MR) is 88.8 cm³/mol. The van der Waals surface area contributed by atoms with Gasteiger partial charge in [0.05, 0.1) is 0 Å². The van der Waals surface area contributed by atoms with E-state index in [1.54, 1.807) is 25.1 Å². The molecule has 0 atom stereocenters. The van der Waals surface area contributed by atoms with Gasteiger partial charge in [-0.05, 0) is 42.0 Å². The molecule has 0 aliphatic heterocycles. The van der Waals surface area contributed by atoms with Crippen LogP contribution in [0.5, 0.6) is 5.75 Å². The van der Waals surface area contributed by atoms with E-state index >= 15 is 0 Å². The van der Waals surface area contributed by atoms with Gasteiger partial charge in [0.15, 0.2) is 0 Å². The molecule has 0 aliphatic rings. The molecule has 0 amide bonds. The van der Waals surface area contributed by atoms with Crippen molar-refractivity contribution in [2.24, 2.45) is 0 Å². The molecule has 0 radical (unpaired) electrons. The van der Waals surface area contributed by atoms with Gasteiger partial charge >= 0.3 is 0 Å². The third-order valence-electron chi connectivity index (χ3n) is 3.51. The van der Waals surface area contributed by atoms with E-state index in [0.717, 1.165) is 15.2 Å². The van der Waals surface area contributed by atoms with Gasteiger partial charge in [0.1, 0.15) is 17.4 Å². The number of nitriles is 1. The Hall–Kier alpha value is -2.58. The lowest BCUT2D eigenvalue weighted by atomic mass is 9.94. The standard InChI is InChI=1S/C17H11BrN2O2/c1-9-6-13(14(8-19)17(22)20-9)16-12-4-3-11(18)7-10(12)2-5-15(16)21/h2-7,21H,1H3,(H,20,22). The number of benzene rings is 2. The summed E-state index contributed by atoms with van der Waals surface area (Å²) in [6.07, 6.45) is 0. The van der Waals surface area contributed by atoms with E-state index < -0.39 is 5.56 Å². The number of hydrogen-bond acceptors (Lipinski definition) is 3. The molecule has 22 heavy (non-hydrogen) atoms. The van der Waals surface area contributed by atoms with Gasteiger partial charge in [-0.15, -0.1) is 0 Å². The Labute approximate surface area is 134 Å². The first-order valence-corrected chi connectivity index (χ1v) is 7.36. The van der Waals surface area contributed by atoms with E-state index in [1.165, 1.54) is 0 Å². The lowest BCUT2D eigenvalue weighted by Crippen LogP contribution is -2.12. The molecule has 3 aromatic rings. The third kappa shape index (κ3) is 2.28. The second-order valence-corrected chi connectivity index (χ2v) is 5.92. The normalized spacial score (nSPS) is 10.6. The van der Waals surface area contributed by atoms with E-state index in [9.17, 15) is 15.2 Å². The quantitative estimate of drug-likeness (QED) is 0.696. The lowest BCUT2D eigenvalue weighted by Gasteiger charge is -2.11. The summed E-state index contributed by atoms with van der Waals surface area (Å²) in [5, 5.41) is 21.3. The number of aromatic amines is 1. The van der Waals surface area contributed by atoms with Crippen LogP contribution in [-0.4, -0.2) is 10.1 Å². The Balaban J connectivity index is 2.48. The summed E-state index contributed by atoms with van der Waals surface area (Å²) < 4.78 is 0.916. The average Bonchev–Trinajstić information content (AvgIpc) is 2.46. The molecule has 0 saturated heterocycles. The van der Waals surface area contributed by atoms with Gasteiger partial charge in [0.2, 0.25) is 0 Å². The first-order valence-electron chi connectivity index (χ1n) is 6.57. The highest BCUT2D eigenvalue weighted by molar-refractivity contribution is 9.10. The highest BCUT2D eigenvalue weighted by Crippen LogP contribution is 2.38. The van der Waals surface area contributed by atoms with Crippen LogP contribution in [0.4, 0.5) is 0 Å². The number of fused-ring (bicyclic) bond motifs is 1. The van der Waals surface area contributed by atoms with Crippen molar-refractivity contribution in [3.05, 3.63) is 62.5 Å². The van der Waals surface area contributed by atoms with Crippen LogP contribution in [0, 0.1) is 18.3 Å². The van der Waals surface area contributed by atoms with E-state index in [4.69, 9.17) is 0 Å². The zero-order valence-corrected chi connectivity index (χ0v) is 13.2. The zero-order chi connectivity index (χ0) is 15.9.